The second-order valence-corrected chi connectivity index (χ2v) is 8.11. The average Bonchev–Trinajstić information content (AvgIpc) is 2.87. The number of sulfonamides is 1. The largest absolute Gasteiger partial charge is 0.348 e. The topological polar surface area (TPSA) is 101 Å². The molecule has 0 fully saturated rings. The van der Waals surface area contributed by atoms with Crippen molar-refractivity contribution in [3.63, 3.8) is 0 Å². The number of carbonyl (C=O) groups is 3. The fourth-order valence-corrected chi connectivity index (χ4v) is 3.68. The molecule has 1 heterocycles. The van der Waals surface area contributed by atoms with Gasteiger partial charge in [-0.25, -0.2) is 13.2 Å². The Balaban J connectivity index is 1.70. The van der Waals surface area contributed by atoms with Gasteiger partial charge in [0.05, 0.1) is 16.0 Å². The Labute approximate surface area is 159 Å². The van der Waals surface area contributed by atoms with Crippen LogP contribution in [0.25, 0.3) is 0 Å². The molecule has 1 aliphatic heterocycles. The molecule has 0 bridgehead atoms. The van der Waals surface area contributed by atoms with Crippen LogP contribution >= 0.6 is 11.6 Å². The number of nitrogens with zero attached hydrogens (tertiary/aromatic N) is 2. The van der Waals surface area contributed by atoms with Crippen LogP contribution in [0.1, 0.15) is 20.7 Å². The van der Waals surface area contributed by atoms with Gasteiger partial charge in [-0.2, -0.15) is 4.31 Å². The fourth-order valence-electron chi connectivity index (χ4n) is 2.43. The number of imide groups is 1. The van der Waals surface area contributed by atoms with Crippen LogP contribution in [0.3, 0.4) is 0 Å². The van der Waals surface area contributed by atoms with E-state index in [4.69, 9.17) is 16.4 Å². The van der Waals surface area contributed by atoms with Crippen LogP contribution in [0.15, 0.2) is 53.4 Å². The van der Waals surface area contributed by atoms with Crippen molar-refractivity contribution in [2.45, 2.75) is 4.90 Å². The van der Waals surface area contributed by atoms with Crippen molar-refractivity contribution in [2.24, 2.45) is 0 Å². The van der Waals surface area contributed by atoms with Gasteiger partial charge in [-0.15, -0.1) is 0 Å². The molecule has 0 spiro atoms. The molecule has 2 amide bonds. The van der Waals surface area contributed by atoms with E-state index in [1.54, 1.807) is 12.1 Å². The molecule has 0 atom stereocenters. The summed E-state index contributed by atoms with van der Waals surface area (Å²) in [5, 5.41) is 0.692. The quantitative estimate of drug-likeness (QED) is 0.698. The number of halogens is 1. The highest BCUT2D eigenvalue weighted by Gasteiger charge is 2.39. The Bertz CT molecular complexity index is 1000. The zero-order valence-corrected chi connectivity index (χ0v) is 15.5. The van der Waals surface area contributed by atoms with Crippen molar-refractivity contribution in [1.29, 1.82) is 0 Å². The number of fused-ring (bicyclic) bond motifs is 1. The summed E-state index contributed by atoms with van der Waals surface area (Å²) >= 11 is 5.73. The SMILES string of the molecule is CN(CC(=O)ON1C(=O)c2ccccc2C1=O)S(=O)(=O)c1ccc(Cl)cc1. The minimum Gasteiger partial charge on any atom is -0.328 e. The summed E-state index contributed by atoms with van der Waals surface area (Å²) in [6.45, 7) is -0.696. The maximum Gasteiger partial charge on any atom is 0.348 e. The summed E-state index contributed by atoms with van der Waals surface area (Å²) in [5.41, 5.74) is 0.217. The Morgan fingerprint density at radius 1 is 1.04 bits per heavy atom. The average molecular weight is 409 g/mol. The van der Waals surface area contributed by atoms with E-state index in [2.05, 4.69) is 0 Å². The molecule has 3 rings (SSSR count). The first-order chi connectivity index (χ1) is 12.7. The number of rotatable bonds is 5. The second kappa shape index (κ2) is 7.10. The minimum atomic E-state index is -3.98. The van der Waals surface area contributed by atoms with E-state index >= 15 is 0 Å². The molecule has 2 aromatic carbocycles. The fraction of sp³-hybridized carbons (Fsp3) is 0.118. The highest BCUT2D eigenvalue weighted by molar-refractivity contribution is 7.89. The number of hydrogen-bond acceptors (Lipinski definition) is 6. The zero-order chi connectivity index (χ0) is 19.8. The first kappa shape index (κ1) is 19.0. The van der Waals surface area contributed by atoms with E-state index < -0.39 is 34.4 Å². The molecule has 10 heteroatoms. The van der Waals surface area contributed by atoms with Gasteiger partial charge in [-0.05, 0) is 36.4 Å². The standard InChI is InChI=1S/C17H13ClN2O6S/c1-19(27(24,25)12-8-6-11(18)7-9-12)10-15(21)26-20-16(22)13-4-2-3-5-14(13)17(20)23/h2-9H,10H2,1H3. The van der Waals surface area contributed by atoms with E-state index in [9.17, 15) is 22.8 Å². The lowest BCUT2D eigenvalue weighted by atomic mass is 10.1. The van der Waals surface area contributed by atoms with Gasteiger partial charge in [0.25, 0.3) is 11.8 Å². The first-order valence-corrected chi connectivity index (χ1v) is 9.44. The number of amides is 2. The van der Waals surface area contributed by atoms with Gasteiger partial charge < -0.3 is 4.84 Å². The van der Waals surface area contributed by atoms with Gasteiger partial charge in [0.1, 0.15) is 6.54 Å². The normalized spacial score (nSPS) is 13.8. The molecular formula is C17H13ClN2O6S. The van der Waals surface area contributed by atoms with Crippen molar-refractivity contribution in [2.75, 3.05) is 13.6 Å². The summed E-state index contributed by atoms with van der Waals surface area (Å²) in [6.07, 6.45) is 0. The van der Waals surface area contributed by atoms with Gasteiger partial charge in [-0.3, -0.25) is 9.59 Å². The van der Waals surface area contributed by atoms with E-state index in [1.165, 1.54) is 43.4 Å². The maximum atomic E-state index is 12.5. The molecular weight excluding hydrogens is 396 g/mol. The van der Waals surface area contributed by atoms with E-state index in [0.29, 0.717) is 10.1 Å². The molecule has 0 radical (unpaired) electrons. The van der Waals surface area contributed by atoms with Crippen LogP contribution in [0.5, 0.6) is 0 Å². The van der Waals surface area contributed by atoms with Crippen molar-refractivity contribution in [3.8, 4) is 0 Å². The van der Waals surface area contributed by atoms with E-state index in [0.717, 1.165) is 4.31 Å². The number of hydroxylamine groups is 2. The third kappa shape index (κ3) is 3.57. The predicted octanol–water partition coefficient (Wildman–Crippen LogP) is 1.71. The van der Waals surface area contributed by atoms with Crippen LogP contribution in [0.4, 0.5) is 0 Å². The Kier molecular flexibility index (Phi) is 5.01. The number of benzene rings is 2. The van der Waals surface area contributed by atoms with Crippen molar-refractivity contribution >= 4 is 39.4 Å². The Hall–Kier alpha value is -2.75. The zero-order valence-electron chi connectivity index (χ0n) is 14.0. The van der Waals surface area contributed by atoms with Crippen LogP contribution in [0.2, 0.25) is 5.02 Å². The molecule has 0 N–H and O–H groups in total. The molecule has 0 saturated heterocycles. The van der Waals surface area contributed by atoms with Crippen LogP contribution in [-0.4, -0.2) is 49.2 Å². The van der Waals surface area contributed by atoms with Crippen molar-refractivity contribution < 1.29 is 27.6 Å². The minimum absolute atomic E-state index is 0.0667. The van der Waals surface area contributed by atoms with Gasteiger partial charge in [-0.1, -0.05) is 28.8 Å². The number of likely N-dealkylation sites (N-methyl/N-ethyl adjacent to an activating group) is 1. The Morgan fingerprint density at radius 3 is 2.07 bits per heavy atom. The summed E-state index contributed by atoms with van der Waals surface area (Å²) in [6, 6.07) is 11.4. The third-order valence-electron chi connectivity index (χ3n) is 3.82. The molecule has 1 aliphatic rings. The predicted molar refractivity (Wildman–Crippen MR) is 94.3 cm³/mol. The molecule has 0 aromatic heterocycles. The lowest BCUT2D eigenvalue weighted by Crippen LogP contribution is -2.38. The van der Waals surface area contributed by atoms with E-state index in [-0.39, 0.29) is 16.0 Å². The van der Waals surface area contributed by atoms with Gasteiger partial charge in [0, 0.05) is 12.1 Å². The molecule has 0 aliphatic carbocycles. The third-order valence-corrected chi connectivity index (χ3v) is 5.89. The molecule has 0 unspecified atom stereocenters. The van der Waals surface area contributed by atoms with Crippen LogP contribution in [-0.2, 0) is 19.7 Å². The first-order valence-electron chi connectivity index (χ1n) is 7.62. The molecule has 8 nitrogen and oxygen atoms in total. The van der Waals surface area contributed by atoms with Crippen LogP contribution < -0.4 is 0 Å². The van der Waals surface area contributed by atoms with Gasteiger partial charge >= 0.3 is 5.97 Å². The lowest BCUT2D eigenvalue weighted by molar-refractivity contribution is -0.168. The van der Waals surface area contributed by atoms with Crippen LogP contribution in [0, 0.1) is 0 Å². The monoisotopic (exact) mass is 408 g/mol. The van der Waals surface area contributed by atoms with Gasteiger partial charge in [0.15, 0.2) is 0 Å². The highest BCUT2D eigenvalue weighted by Crippen LogP contribution is 2.23. The summed E-state index contributed by atoms with van der Waals surface area (Å²) < 4.78 is 25.6. The molecule has 0 saturated carbocycles. The van der Waals surface area contributed by atoms with Crippen molar-refractivity contribution in [3.05, 3.63) is 64.7 Å². The number of hydrogen-bond donors (Lipinski definition) is 0. The lowest BCUT2D eigenvalue weighted by Gasteiger charge is -2.18. The molecule has 27 heavy (non-hydrogen) atoms. The summed E-state index contributed by atoms with van der Waals surface area (Å²) in [7, 11) is -2.81. The highest BCUT2D eigenvalue weighted by atomic mass is 35.5. The van der Waals surface area contributed by atoms with Crippen molar-refractivity contribution in [1.82, 2.24) is 9.37 Å². The maximum absolute atomic E-state index is 12.5. The van der Waals surface area contributed by atoms with Gasteiger partial charge in [0.2, 0.25) is 10.0 Å². The smallest absolute Gasteiger partial charge is 0.328 e. The molecule has 140 valence electrons. The summed E-state index contributed by atoms with van der Waals surface area (Å²) in [4.78, 5) is 41.2. The summed E-state index contributed by atoms with van der Waals surface area (Å²) in [5.74, 6) is -2.65. The number of carbonyl (C=O) groups excluding carboxylic acids is 3. The van der Waals surface area contributed by atoms with E-state index in [1.807, 2.05) is 0 Å². The second-order valence-electron chi connectivity index (χ2n) is 5.63. The molecule has 2 aromatic rings. The Morgan fingerprint density at radius 2 is 1.56 bits per heavy atom.